The van der Waals surface area contributed by atoms with Gasteiger partial charge in [-0.15, -0.1) is 6.58 Å². The van der Waals surface area contributed by atoms with Crippen molar-refractivity contribution in [1.82, 2.24) is 15.1 Å². The lowest BCUT2D eigenvalue weighted by Crippen LogP contribution is -2.50. The number of likely N-dealkylation sites (tertiary alicyclic amines) is 1. The fraction of sp³-hybridized carbons (Fsp3) is 0.463. The molecule has 2 heterocycles. The molecule has 5 atom stereocenters. The van der Waals surface area contributed by atoms with E-state index in [1.165, 1.54) is 25.7 Å². The van der Waals surface area contributed by atoms with E-state index in [2.05, 4.69) is 23.7 Å². The van der Waals surface area contributed by atoms with Crippen molar-refractivity contribution >= 4 is 11.8 Å². The predicted molar refractivity (Wildman–Crippen MR) is 192 cm³/mol. The van der Waals surface area contributed by atoms with Gasteiger partial charge in [-0.05, 0) is 59.6 Å². The van der Waals surface area contributed by atoms with Crippen LogP contribution < -0.4 is 5.32 Å². The molecule has 2 N–H and O–H groups in total. The molecule has 278 valence electrons. The van der Waals surface area contributed by atoms with Crippen molar-refractivity contribution in [3.05, 3.63) is 108 Å². The fourth-order valence-corrected chi connectivity index (χ4v) is 7.81. The van der Waals surface area contributed by atoms with E-state index < -0.39 is 30.3 Å². The van der Waals surface area contributed by atoms with Crippen LogP contribution in [0.5, 0.6) is 0 Å². The first kappa shape index (κ1) is 37.7. The highest BCUT2D eigenvalue weighted by molar-refractivity contribution is 5.90. The third-order valence-corrected chi connectivity index (χ3v) is 10.7. The first-order chi connectivity index (χ1) is 25.0. The molecule has 2 amide bonds. The molecule has 8 nitrogen and oxygen atoms in total. The summed E-state index contributed by atoms with van der Waals surface area (Å²) in [5, 5.41) is 12.3. The SMILES string of the molecule is C=CCN(CC1OC(c2ccc(-c3cccc(CNC(=O)C4CCCN4C(=O)C(F)(F)F)c3)cc2)OC(c2ccc(CO)cc2)C1C)C1CCCC1. The Labute approximate surface area is 303 Å². The van der Waals surface area contributed by atoms with Gasteiger partial charge in [0.25, 0.3) is 0 Å². The summed E-state index contributed by atoms with van der Waals surface area (Å²) in [6, 6.07) is 22.9. The number of ether oxygens (including phenoxy) is 2. The van der Waals surface area contributed by atoms with E-state index in [-0.39, 0.29) is 44.2 Å². The lowest BCUT2D eigenvalue weighted by atomic mass is 9.89. The lowest BCUT2D eigenvalue weighted by molar-refractivity contribution is -0.276. The highest BCUT2D eigenvalue weighted by Gasteiger charge is 2.47. The maximum Gasteiger partial charge on any atom is 0.471 e. The van der Waals surface area contributed by atoms with Gasteiger partial charge in [-0.3, -0.25) is 14.5 Å². The van der Waals surface area contributed by atoms with E-state index in [1.807, 2.05) is 78.9 Å². The summed E-state index contributed by atoms with van der Waals surface area (Å²) in [6.07, 6.45) is 1.39. The van der Waals surface area contributed by atoms with Crippen molar-refractivity contribution in [3.63, 3.8) is 0 Å². The Morgan fingerprint density at radius 2 is 1.65 bits per heavy atom. The number of carbonyl (C=O) groups is 2. The molecule has 11 heteroatoms. The molecule has 0 bridgehead atoms. The number of nitrogens with zero attached hydrogens (tertiary/aromatic N) is 2. The van der Waals surface area contributed by atoms with Gasteiger partial charge < -0.3 is 24.8 Å². The van der Waals surface area contributed by atoms with Crippen LogP contribution in [0, 0.1) is 5.92 Å². The number of alkyl halides is 3. The minimum absolute atomic E-state index is 0.0236. The van der Waals surface area contributed by atoms with Crippen LogP contribution in [0.2, 0.25) is 0 Å². The molecule has 0 spiro atoms. The molecule has 0 radical (unpaired) electrons. The lowest BCUT2D eigenvalue weighted by Gasteiger charge is -2.43. The van der Waals surface area contributed by atoms with Crippen molar-refractivity contribution in [2.24, 2.45) is 5.92 Å². The van der Waals surface area contributed by atoms with Crippen LogP contribution in [0.4, 0.5) is 13.2 Å². The average molecular weight is 720 g/mol. The van der Waals surface area contributed by atoms with Gasteiger partial charge in [-0.1, -0.05) is 92.6 Å². The quantitative estimate of drug-likeness (QED) is 0.192. The maximum atomic E-state index is 13.0. The van der Waals surface area contributed by atoms with Crippen LogP contribution >= 0.6 is 0 Å². The van der Waals surface area contributed by atoms with E-state index in [4.69, 9.17) is 9.47 Å². The summed E-state index contributed by atoms with van der Waals surface area (Å²) < 4.78 is 52.6. The summed E-state index contributed by atoms with van der Waals surface area (Å²) in [7, 11) is 0. The Balaban J connectivity index is 1.16. The first-order valence-electron chi connectivity index (χ1n) is 18.3. The minimum atomic E-state index is -5.02. The molecule has 2 aliphatic heterocycles. The summed E-state index contributed by atoms with van der Waals surface area (Å²) in [4.78, 5) is 27.8. The number of halogens is 3. The number of hydrogen-bond acceptors (Lipinski definition) is 6. The first-order valence-corrected chi connectivity index (χ1v) is 18.3. The molecule has 6 rings (SSSR count). The fourth-order valence-electron chi connectivity index (χ4n) is 7.81. The Hall–Kier alpha value is -4.03. The van der Waals surface area contributed by atoms with E-state index in [0.717, 1.165) is 46.5 Å². The topological polar surface area (TPSA) is 91.3 Å². The number of aliphatic hydroxyl groups is 1. The summed E-state index contributed by atoms with van der Waals surface area (Å²) in [6.45, 7) is 7.76. The number of carbonyl (C=O) groups excluding carboxylic acids is 2. The van der Waals surface area contributed by atoms with Crippen LogP contribution in [0.15, 0.2) is 85.5 Å². The molecule has 3 aliphatic rings. The molecule has 3 aromatic rings. The number of nitrogens with one attached hydrogen (secondary N) is 1. The second-order valence-corrected chi connectivity index (χ2v) is 14.2. The summed E-state index contributed by atoms with van der Waals surface area (Å²) in [5.41, 5.74) is 5.38. The zero-order valence-corrected chi connectivity index (χ0v) is 29.6. The summed E-state index contributed by atoms with van der Waals surface area (Å²) in [5.74, 6) is -2.51. The molecule has 52 heavy (non-hydrogen) atoms. The Morgan fingerprint density at radius 1 is 0.942 bits per heavy atom. The standard InChI is InChI=1S/C41H48F3N3O5/c1-3-21-46(34-10-4-5-11-34)25-36-27(2)37(31-15-13-28(26-48)14-16-31)52-39(51-36)32-19-17-30(18-20-32)33-9-6-8-29(23-33)24-45-38(49)35-12-7-22-47(35)40(50)41(42,43)44/h3,6,8-9,13-20,23,27,34-37,39,48H,1,4-5,7,10-12,21-22,24-26H2,2H3,(H,45,49). The van der Waals surface area contributed by atoms with Crippen molar-refractivity contribution in [2.75, 3.05) is 19.6 Å². The van der Waals surface area contributed by atoms with Gasteiger partial charge in [-0.25, -0.2) is 0 Å². The highest BCUT2D eigenvalue weighted by Crippen LogP contribution is 2.42. The minimum Gasteiger partial charge on any atom is -0.392 e. The Bertz CT molecular complexity index is 1680. The molecule has 0 aromatic heterocycles. The molecule has 3 fully saturated rings. The normalized spacial score (nSPS) is 24.0. The summed E-state index contributed by atoms with van der Waals surface area (Å²) >= 11 is 0. The Morgan fingerprint density at radius 3 is 2.33 bits per heavy atom. The van der Waals surface area contributed by atoms with E-state index in [9.17, 15) is 27.9 Å². The van der Waals surface area contributed by atoms with Crippen molar-refractivity contribution in [1.29, 1.82) is 0 Å². The van der Waals surface area contributed by atoms with Crippen LogP contribution in [0.3, 0.4) is 0 Å². The number of benzene rings is 3. The largest absolute Gasteiger partial charge is 0.471 e. The molecule has 1 aliphatic carbocycles. The third-order valence-electron chi connectivity index (χ3n) is 10.7. The van der Waals surface area contributed by atoms with Gasteiger partial charge in [0.05, 0.1) is 18.8 Å². The van der Waals surface area contributed by atoms with Gasteiger partial charge >= 0.3 is 12.1 Å². The molecular weight excluding hydrogens is 671 g/mol. The Kier molecular flexibility index (Phi) is 12.2. The van der Waals surface area contributed by atoms with E-state index in [1.54, 1.807) is 0 Å². The second kappa shape index (κ2) is 16.8. The molecule has 5 unspecified atom stereocenters. The van der Waals surface area contributed by atoms with Crippen molar-refractivity contribution in [2.45, 2.75) is 95.4 Å². The number of amides is 2. The second-order valence-electron chi connectivity index (χ2n) is 14.2. The van der Waals surface area contributed by atoms with Crippen molar-refractivity contribution < 1.29 is 37.3 Å². The van der Waals surface area contributed by atoms with Crippen LogP contribution in [0.25, 0.3) is 11.1 Å². The van der Waals surface area contributed by atoms with Crippen LogP contribution in [-0.4, -0.2) is 70.7 Å². The monoisotopic (exact) mass is 719 g/mol. The van der Waals surface area contributed by atoms with Gasteiger partial charge in [-0.2, -0.15) is 13.2 Å². The predicted octanol–water partition coefficient (Wildman–Crippen LogP) is 7.24. The average Bonchev–Trinajstić information content (AvgIpc) is 3.88. The molecule has 3 aromatic carbocycles. The van der Waals surface area contributed by atoms with Crippen molar-refractivity contribution in [3.8, 4) is 11.1 Å². The van der Waals surface area contributed by atoms with Gasteiger partial charge in [0.2, 0.25) is 5.91 Å². The zero-order chi connectivity index (χ0) is 36.8. The van der Waals surface area contributed by atoms with E-state index in [0.29, 0.717) is 17.4 Å². The number of aliphatic hydroxyl groups excluding tert-OH is 1. The highest BCUT2D eigenvalue weighted by atomic mass is 19.4. The zero-order valence-electron chi connectivity index (χ0n) is 29.6. The molecule has 1 saturated carbocycles. The van der Waals surface area contributed by atoms with Gasteiger partial charge in [0.1, 0.15) is 6.04 Å². The third kappa shape index (κ3) is 8.77. The van der Waals surface area contributed by atoms with E-state index >= 15 is 0 Å². The maximum absolute atomic E-state index is 13.0. The van der Waals surface area contributed by atoms with Gasteiger partial charge in [0, 0.05) is 43.7 Å². The number of hydrogen-bond donors (Lipinski definition) is 2. The molecular formula is C41H48F3N3O5. The number of rotatable bonds is 12. The van der Waals surface area contributed by atoms with Crippen LogP contribution in [-0.2, 0) is 32.2 Å². The van der Waals surface area contributed by atoms with Crippen LogP contribution in [0.1, 0.15) is 80.1 Å². The molecule has 2 saturated heterocycles. The van der Waals surface area contributed by atoms with Gasteiger partial charge in [0.15, 0.2) is 6.29 Å². The smallest absolute Gasteiger partial charge is 0.392 e.